The summed E-state index contributed by atoms with van der Waals surface area (Å²) in [6.45, 7) is 9.26. The van der Waals surface area contributed by atoms with Crippen LogP contribution in [0.4, 0.5) is 11.4 Å². The van der Waals surface area contributed by atoms with Crippen LogP contribution < -0.4 is 15.0 Å². The van der Waals surface area contributed by atoms with E-state index >= 15 is 0 Å². The number of amides is 2. The lowest BCUT2D eigenvalue weighted by Crippen LogP contribution is -2.35. The topological polar surface area (TPSA) is 61.9 Å². The second-order valence-corrected chi connectivity index (χ2v) is 9.46. The second kappa shape index (κ2) is 10.8. The average molecular weight is 462 g/mol. The van der Waals surface area contributed by atoms with Gasteiger partial charge in [0, 0.05) is 31.0 Å². The molecule has 6 nitrogen and oxygen atoms in total. The number of nitrogens with one attached hydrogen (secondary N) is 1. The molecular formula is C28H35N3O3. The van der Waals surface area contributed by atoms with E-state index in [2.05, 4.69) is 29.3 Å². The highest BCUT2D eigenvalue weighted by atomic mass is 16.5. The predicted octanol–water partition coefficient (Wildman–Crippen LogP) is 5.31. The largest absolute Gasteiger partial charge is 0.494 e. The molecule has 1 N–H and O–H groups in total. The Morgan fingerprint density at radius 2 is 1.59 bits per heavy atom. The van der Waals surface area contributed by atoms with E-state index in [0.717, 1.165) is 30.9 Å². The van der Waals surface area contributed by atoms with Gasteiger partial charge in [0.15, 0.2) is 0 Å². The average Bonchev–Trinajstić information content (AvgIpc) is 3.08. The van der Waals surface area contributed by atoms with Crippen molar-refractivity contribution in [3.8, 4) is 5.75 Å². The van der Waals surface area contributed by atoms with Crippen LogP contribution in [-0.4, -0.2) is 43.0 Å². The Balaban J connectivity index is 1.61. The van der Waals surface area contributed by atoms with Gasteiger partial charge in [-0.05, 0) is 73.6 Å². The van der Waals surface area contributed by atoms with Crippen LogP contribution in [0.5, 0.6) is 5.75 Å². The Bertz CT molecular complexity index is 1040. The molecule has 4 rings (SSSR count). The molecule has 2 aliphatic rings. The molecule has 6 heteroatoms. The number of ether oxygens (including phenoxy) is 1. The van der Waals surface area contributed by atoms with Crippen molar-refractivity contribution in [1.29, 1.82) is 0 Å². The lowest BCUT2D eigenvalue weighted by atomic mass is 10.0. The Hall–Kier alpha value is -3.28. The summed E-state index contributed by atoms with van der Waals surface area (Å²) in [5.74, 6) is 0.403. The third-order valence-electron chi connectivity index (χ3n) is 6.19. The number of piperidine rings is 1. The minimum Gasteiger partial charge on any atom is -0.494 e. The number of benzene rings is 2. The van der Waals surface area contributed by atoms with Crippen LogP contribution in [0.25, 0.3) is 5.57 Å². The zero-order valence-corrected chi connectivity index (χ0v) is 20.5. The highest BCUT2D eigenvalue weighted by molar-refractivity contribution is 6.36. The first-order valence-corrected chi connectivity index (χ1v) is 12.4. The van der Waals surface area contributed by atoms with Gasteiger partial charge in [-0.1, -0.05) is 32.9 Å². The summed E-state index contributed by atoms with van der Waals surface area (Å²) in [5.41, 5.74) is 3.44. The molecule has 0 aromatic heterocycles. The Morgan fingerprint density at radius 3 is 2.21 bits per heavy atom. The van der Waals surface area contributed by atoms with Crippen molar-refractivity contribution in [2.24, 2.45) is 5.92 Å². The number of carbonyl (C=O) groups excluding carboxylic acids is 2. The maximum absolute atomic E-state index is 13.3. The zero-order valence-electron chi connectivity index (χ0n) is 20.5. The van der Waals surface area contributed by atoms with Crippen LogP contribution in [0.3, 0.4) is 0 Å². The highest BCUT2D eigenvalue weighted by Gasteiger charge is 2.39. The van der Waals surface area contributed by atoms with Crippen LogP contribution in [0, 0.1) is 5.92 Å². The van der Waals surface area contributed by atoms with Crippen LogP contribution in [0.1, 0.15) is 52.0 Å². The Morgan fingerprint density at radius 1 is 0.912 bits per heavy atom. The zero-order chi connectivity index (χ0) is 24.1. The van der Waals surface area contributed by atoms with Crippen molar-refractivity contribution < 1.29 is 14.3 Å². The van der Waals surface area contributed by atoms with Crippen LogP contribution >= 0.6 is 0 Å². The van der Waals surface area contributed by atoms with Crippen molar-refractivity contribution in [2.75, 3.05) is 36.5 Å². The van der Waals surface area contributed by atoms with E-state index in [-0.39, 0.29) is 17.7 Å². The first-order valence-electron chi connectivity index (χ1n) is 12.4. The molecule has 0 radical (unpaired) electrons. The SMILES string of the molecule is CCCOc1ccc(C2=C(Nc3ccc(N4CCCCC4)cc3)C(=O)N(CC(C)C)C2=O)cc1. The van der Waals surface area contributed by atoms with Crippen LogP contribution in [0.2, 0.25) is 0 Å². The summed E-state index contributed by atoms with van der Waals surface area (Å²) in [5, 5.41) is 3.27. The van der Waals surface area contributed by atoms with Crippen LogP contribution in [-0.2, 0) is 9.59 Å². The summed E-state index contributed by atoms with van der Waals surface area (Å²) in [4.78, 5) is 30.4. The van der Waals surface area contributed by atoms with E-state index in [1.165, 1.54) is 29.8 Å². The lowest BCUT2D eigenvalue weighted by Gasteiger charge is -2.28. The van der Waals surface area contributed by atoms with Crippen molar-refractivity contribution in [2.45, 2.75) is 46.5 Å². The number of hydrogen-bond acceptors (Lipinski definition) is 5. The normalized spacial score (nSPS) is 16.6. The second-order valence-electron chi connectivity index (χ2n) is 9.46. The molecule has 0 bridgehead atoms. The molecule has 34 heavy (non-hydrogen) atoms. The van der Waals surface area contributed by atoms with Gasteiger partial charge in [0.25, 0.3) is 11.8 Å². The van der Waals surface area contributed by atoms with Crippen molar-refractivity contribution in [3.63, 3.8) is 0 Å². The standard InChI is InChI=1S/C28H35N3O3/c1-4-18-34-24-14-8-21(9-15-24)25-26(28(33)31(27(25)32)19-20(2)3)29-22-10-12-23(13-11-22)30-16-6-5-7-17-30/h8-15,20,29H,4-7,16-19H2,1-3H3. The first-order chi connectivity index (χ1) is 16.5. The molecule has 0 atom stereocenters. The number of nitrogens with zero attached hydrogens (tertiary/aromatic N) is 2. The molecule has 2 aromatic carbocycles. The van der Waals surface area contributed by atoms with Gasteiger partial charge in [0.05, 0.1) is 12.2 Å². The summed E-state index contributed by atoms with van der Waals surface area (Å²) in [6, 6.07) is 15.6. The van der Waals surface area contributed by atoms with E-state index in [1.807, 2.05) is 50.2 Å². The van der Waals surface area contributed by atoms with Gasteiger partial charge in [-0.2, -0.15) is 0 Å². The third-order valence-corrected chi connectivity index (χ3v) is 6.19. The minimum atomic E-state index is -0.278. The van der Waals surface area contributed by atoms with Gasteiger partial charge >= 0.3 is 0 Å². The molecule has 2 heterocycles. The molecule has 0 saturated carbocycles. The number of hydrogen-bond donors (Lipinski definition) is 1. The predicted molar refractivity (Wildman–Crippen MR) is 137 cm³/mol. The summed E-state index contributed by atoms with van der Waals surface area (Å²) in [6.07, 6.45) is 4.66. The molecule has 1 fully saturated rings. The van der Waals surface area contributed by atoms with Crippen LogP contribution in [0.15, 0.2) is 54.2 Å². The van der Waals surface area contributed by atoms with Gasteiger partial charge in [0.2, 0.25) is 0 Å². The number of imide groups is 1. The maximum Gasteiger partial charge on any atom is 0.278 e. The molecule has 180 valence electrons. The fourth-order valence-electron chi connectivity index (χ4n) is 4.48. The minimum absolute atomic E-state index is 0.183. The van der Waals surface area contributed by atoms with E-state index in [0.29, 0.717) is 30.0 Å². The smallest absolute Gasteiger partial charge is 0.278 e. The number of rotatable bonds is 9. The third kappa shape index (κ3) is 5.27. The Kier molecular flexibility index (Phi) is 7.56. The van der Waals surface area contributed by atoms with E-state index in [4.69, 9.17) is 4.74 Å². The molecule has 0 spiro atoms. The van der Waals surface area contributed by atoms with Gasteiger partial charge in [-0.25, -0.2) is 0 Å². The molecular weight excluding hydrogens is 426 g/mol. The summed E-state index contributed by atoms with van der Waals surface area (Å²) >= 11 is 0. The van der Waals surface area contributed by atoms with Gasteiger partial charge < -0.3 is 15.0 Å². The van der Waals surface area contributed by atoms with Crippen molar-refractivity contribution in [3.05, 3.63) is 59.8 Å². The molecule has 0 unspecified atom stereocenters. The van der Waals surface area contributed by atoms with Crippen molar-refractivity contribution >= 4 is 28.8 Å². The van der Waals surface area contributed by atoms with E-state index in [9.17, 15) is 9.59 Å². The van der Waals surface area contributed by atoms with Crippen molar-refractivity contribution in [1.82, 2.24) is 4.90 Å². The van der Waals surface area contributed by atoms with Gasteiger partial charge in [-0.15, -0.1) is 0 Å². The highest BCUT2D eigenvalue weighted by Crippen LogP contribution is 2.32. The fourth-order valence-corrected chi connectivity index (χ4v) is 4.48. The number of carbonyl (C=O) groups is 2. The molecule has 2 amide bonds. The molecule has 1 saturated heterocycles. The first kappa shape index (κ1) is 23.9. The number of anilines is 2. The van der Waals surface area contributed by atoms with E-state index < -0.39 is 0 Å². The molecule has 2 aromatic rings. The summed E-state index contributed by atoms with van der Waals surface area (Å²) in [7, 11) is 0. The molecule has 0 aliphatic carbocycles. The lowest BCUT2D eigenvalue weighted by molar-refractivity contribution is -0.137. The fraction of sp³-hybridized carbons (Fsp3) is 0.429. The van der Waals surface area contributed by atoms with Gasteiger partial charge in [0.1, 0.15) is 11.4 Å². The summed E-state index contributed by atoms with van der Waals surface area (Å²) < 4.78 is 5.68. The quantitative estimate of drug-likeness (QED) is 0.513. The van der Waals surface area contributed by atoms with Gasteiger partial charge in [-0.3, -0.25) is 14.5 Å². The monoisotopic (exact) mass is 461 g/mol. The maximum atomic E-state index is 13.3. The van der Waals surface area contributed by atoms with E-state index in [1.54, 1.807) is 0 Å². The molecule has 2 aliphatic heterocycles. The Labute approximate surface area is 202 Å².